The van der Waals surface area contributed by atoms with Crippen LogP contribution < -0.4 is 0 Å². The molecule has 0 bridgehead atoms. The van der Waals surface area contributed by atoms with Crippen molar-refractivity contribution in [3.05, 3.63) is 167 Å². The zero-order valence-electron chi connectivity index (χ0n) is 26.3. The van der Waals surface area contributed by atoms with Gasteiger partial charge in [0.25, 0.3) is 0 Å². The van der Waals surface area contributed by atoms with E-state index in [0.29, 0.717) is 11.1 Å². The van der Waals surface area contributed by atoms with Crippen LogP contribution in [0.1, 0.15) is 36.0 Å². The first-order valence-corrected chi connectivity index (χ1v) is 17.0. The minimum absolute atomic E-state index is 0.363. The molecule has 0 N–H and O–H groups in total. The molecule has 7 aromatic rings. The molecule has 0 unspecified atom stereocenters. The fourth-order valence-corrected chi connectivity index (χ4v) is 8.00. The Balaban J connectivity index is 1.13. The van der Waals surface area contributed by atoms with Crippen LogP contribution in [0, 0.1) is 5.92 Å². The molecule has 232 valence electrons. The number of nitrogens with zero attached hydrogens (tertiary/aromatic N) is 4. The summed E-state index contributed by atoms with van der Waals surface area (Å²) < 4.78 is 2.40. The highest BCUT2D eigenvalue weighted by Crippen LogP contribution is 2.44. The zero-order chi connectivity index (χ0) is 31.6. The molecule has 5 heteroatoms. The minimum Gasteiger partial charge on any atom is -0.323 e. The largest absolute Gasteiger partial charge is 0.323 e. The predicted molar refractivity (Wildman–Crippen MR) is 194 cm³/mol. The number of halogens is 1. The summed E-state index contributed by atoms with van der Waals surface area (Å²) in [7, 11) is 0. The first-order chi connectivity index (χ1) is 23.2. The number of likely N-dealkylation sites (tertiary alicyclic amines) is 1. The topological polar surface area (TPSA) is 34.0 Å². The van der Waals surface area contributed by atoms with Crippen molar-refractivity contribution in [3.63, 3.8) is 0 Å². The van der Waals surface area contributed by atoms with Gasteiger partial charge in [-0.15, -0.1) is 0 Å². The second kappa shape index (κ2) is 12.8. The Morgan fingerprint density at radius 1 is 0.617 bits per heavy atom. The molecule has 1 fully saturated rings. The Hall–Kier alpha value is -4.77. The number of rotatable bonds is 8. The lowest BCUT2D eigenvalue weighted by atomic mass is 9.74. The molecule has 1 aliphatic heterocycles. The first-order valence-electron chi connectivity index (χ1n) is 16.6. The van der Waals surface area contributed by atoms with E-state index < -0.39 is 0 Å². The molecule has 1 aliphatic rings. The Morgan fingerprint density at radius 2 is 1.13 bits per heavy atom. The van der Waals surface area contributed by atoms with Crippen molar-refractivity contribution in [2.24, 2.45) is 5.92 Å². The maximum absolute atomic E-state index is 6.78. The van der Waals surface area contributed by atoms with Crippen LogP contribution in [0.25, 0.3) is 33.3 Å². The van der Waals surface area contributed by atoms with E-state index in [9.17, 15) is 0 Å². The van der Waals surface area contributed by atoms with Crippen molar-refractivity contribution in [3.8, 4) is 11.4 Å². The smallest absolute Gasteiger partial charge is 0.157 e. The molecule has 0 spiro atoms. The third-order valence-corrected chi connectivity index (χ3v) is 10.3. The van der Waals surface area contributed by atoms with Crippen molar-refractivity contribution in [1.82, 2.24) is 19.4 Å². The Kier molecular flexibility index (Phi) is 8.06. The van der Waals surface area contributed by atoms with Gasteiger partial charge in [-0.05, 0) is 61.0 Å². The van der Waals surface area contributed by atoms with Gasteiger partial charge in [0, 0.05) is 17.5 Å². The van der Waals surface area contributed by atoms with E-state index in [1.807, 2.05) is 12.1 Å². The van der Waals surface area contributed by atoms with Crippen LogP contribution in [-0.2, 0) is 12.1 Å². The summed E-state index contributed by atoms with van der Waals surface area (Å²) in [5.74, 6) is 1.55. The van der Waals surface area contributed by atoms with E-state index in [-0.39, 0.29) is 5.54 Å². The summed E-state index contributed by atoms with van der Waals surface area (Å²) in [6, 6.07) is 51.9. The fourth-order valence-electron chi connectivity index (χ4n) is 7.78. The molecule has 0 radical (unpaired) electrons. The maximum Gasteiger partial charge on any atom is 0.157 e. The molecule has 0 atom stereocenters. The number of para-hydroxylation sites is 1. The number of pyridine rings is 1. The van der Waals surface area contributed by atoms with Crippen molar-refractivity contribution < 1.29 is 0 Å². The third-order valence-electron chi connectivity index (χ3n) is 10.00. The van der Waals surface area contributed by atoms with Crippen LogP contribution in [0.15, 0.2) is 146 Å². The van der Waals surface area contributed by atoms with Crippen LogP contribution in [0.4, 0.5) is 0 Å². The minimum atomic E-state index is -0.363. The monoisotopic (exact) mass is 632 g/mol. The van der Waals surface area contributed by atoms with Gasteiger partial charge in [0.1, 0.15) is 11.3 Å². The van der Waals surface area contributed by atoms with Crippen LogP contribution in [0.5, 0.6) is 0 Å². The number of benzene rings is 5. The molecular formula is C42H37ClN4. The first kappa shape index (κ1) is 29.6. The zero-order valence-corrected chi connectivity index (χ0v) is 27.1. The molecule has 4 nitrogen and oxygen atoms in total. The lowest BCUT2D eigenvalue weighted by Gasteiger charge is -2.48. The van der Waals surface area contributed by atoms with Crippen molar-refractivity contribution in [2.75, 3.05) is 13.1 Å². The normalized spacial score (nSPS) is 14.6. The van der Waals surface area contributed by atoms with Gasteiger partial charge in [-0.25, -0.2) is 9.97 Å². The van der Waals surface area contributed by atoms with Crippen LogP contribution in [0.3, 0.4) is 0 Å². The van der Waals surface area contributed by atoms with Gasteiger partial charge in [0.05, 0.1) is 16.6 Å². The SMILES string of the molecule is Clc1nc2ccccc2c2c1nc(-c1ccccc1)n2CCC1CCN(C(c2ccccc2)(c2ccccc2)c2ccccc2)CC1. The molecule has 8 rings (SSSR count). The van der Waals surface area contributed by atoms with E-state index in [1.54, 1.807) is 0 Å². The van der Waals surface area contributed by atoms with Gasteiger partial charge in [-0.1, -0.05) is 151 Å². The summed E-state index contributed by atoms with van der Waals surface area (Å²) in [5, 5.41) is 1.55. The van der Waals surface area contributed by atoms with Gasteiger partial charge in [-0.3, -0.25) is 4.90 Å². The van der Waals surface area contributed by atoms with E-state index in [4.69, 9.17) is 21.6 Å². The van der Waals surface area contributed by atoms with E-state index in [2.05, 4.69) is 143 Å². The number of fused-ring (bicyclic) bond motifs is 3. The van der Waals surface area contributed by atoms with Crippen LogP contribution in [-0.4, -0.2) is 32.5 Å². The third kappa shape index (κ3) is 5.32. The summed E-state index contributed by atoms with van der Waals surface area (Å²) in [4.78, 5) is 12.5. The highest BCUT2D eigenvalue weighted by molar-refractivity contribution is 6.35. The lowest BCUT2D eigenvalue weighted by molar-refractivity contribution is 0.0979. The summed E-state index contributed by atoms with van der Waals surface area (Å²) in [6.45, 7) is 2.90. The predicted octanol–water partition coefficient (Wildman–Crippen LogP) is 10.00. The number of aryl methyl sites for hydroxylation is 1. The Morgan fingerprint density at radius 3 is 1.70 bits per heavy atom. The second-order valence-corrected chi connectivity index (χ2v) is 13.0. The highest BCUT2D eigenvalue weighted by atomic mass is 35.5. The van der Waals surface area contributed by atoms with E-state index >= 15 is 0 Å². The molecule has 5 aromatic carbocycles. The molecule has 0 saturated carbocycles. The van der Waals surface area contributed by atoms with Gasteiger partial charge in [-0.2, -0.15) is 0 Å². The number of piperidine rings is 1. The van der Waals surface area contributed by atoms with Gasteiger partial charge < -0.3 is 4.57 Å². The fraction of sp³-hybridized carbons (Fsp3) is 0.190. The number of hydrogen-bond acceptors (Lipinski definition) is 3. The quantitative estimate of drug-likeness (QED) is 0.123. The summed E-state index contributed by atoms with van der Waals surface area (Å²) in [6.07, 6.45) is 3.33. The average Bonchev–Trinajstić information content (AvgIpc) is 3.54. The molecule has 1 saturated heterocycles. The van der Waals surface area contributed by atoms with Gasteiger partial charge >= 0.3 is 0 Å². The molecule has 3 heterocycles. The lowest BCUT2D eigenvalue weighted by Crippen LogP contribution is -2.51. The van der Waals surface area contributed by atoms with Gasteiger partial charge in [0.15, 0.2) is 5.15 Å². The van der Waals surface area contributed by atoms with Crippen molar-refractivity contribution in [2.45, 2.75) is 31.3 Å². The Bertz CT molecular complexity index is 2010. The average molecular weight is 633 g/mol. The molecular weight excluding hydrogens is 596 g/mol. The van der Waals surface area contributed by atoms with E-state index in [1.165, 1.54) is 16.7 Å². The number of imidazole rings is 1. The number of hydrogen-bond donors (Lipinski definition) is 0. The number of aromatic nitrogens is 3. The van der Waals surface area contributed by atoms with Crippen LogP contribution >= 0.6 is 11.6 Å². The summed E-state index contributed by atoms with van der Waals surface area (Å²) in [5.41, 5.74) is 7.42. The Labute approximate surface area is 281 Å². The van der Waals surface area contributed by atoms with Crippen molar-refractivity contribution >= 4 is 33.5 Å². The second-order valence-electron chi connectivity index (χ2n) is 12.6. The van der Waals surface area contributed by atoms with Gasteiger partial charge in [0.2, 0.25) is 0 Å². The van der Waals surface area contributed by atoms with Crippen LogP contribution in [0.2, 0.25) is 5.15 Å². The van der Waals surface area contributed by atoms with E-state index in [0.717, 1.165) is 72.2 Å². The molecule has 47 heavy (non-hydrogen) atoms. The summed E-state index contributed by atoms with van der Waals surface area (Å²) >= 11 is 6.78. The molecule has 2 aromatic heterocycles. The molecule has 0 aliphatic carbocycles. The van der Waals surface area contributed by atoms with Crippen molar-refractivity contribution in [1.29, 1.82) is 0 Å². The standard InChI is InChI=1S/C42H37ClN4/c43-40-38-39(36-23-13-14-24-37(36)44-40)47(41(45-38)32-15-5-1-6-16-32)30-27-31-25-28-46(29-26-31)42(33-17-7-2-8-18-33,34-19-9-3-10-20-34)35-21-11-4-12-22-35/h1-24,31H,25-30H2. The molecule has 0 amide bonds. The highest BCUT2D eigenvalue weighted by Gasteiger charge is 2.43. The maximum atomic E-state index is 6.78.